The normalized spacial score (nSPS) is 17.7. The van der Waals surface area contributed by atoms with Crippen LogP contribution in [0.25, 0.3) is 6.08 Å². The summed E-state index contributed by atoms with van der Waals surface area (Å²) in [5, 5.41) is 0. The minimum atomic E-state index is -0.669. The number of fused-ring (bicyclic) bond motifs is 1. The number of carbonyl (C=O) groups is 1. The van der Waals surface area contributed by atoms with Crippen molar-refractivity contribution >= 4 is 29.1 Å². The molecule has 1 fully saturated rings. The molecule has 37 heavy (non-hydrogen) atoms. The van der Waals surface area contributed by atoms with Crippen LogP contribution >= 0.6 is 11.3 Å². The van der Waals surface area contributed by atoms with Crippen molar-refractivity contribution in [1.82, 2.24) is 4.57 Å². The molecule has 3 heterocycles. The predicted octanol–water partition coefficient (Wildman–Crippen LogP) is 3.80. The molecule has 2 aliphatic rings. The Kier molecular flexibility index (Phi) is 7.02. The first-order chi connectivity index (χ1) is 17.9. The lowest BCUT2D eigenvalue weighted by Gasteiger charge is -2.25. The number of nitrogens with zero attached hydrogens (tertiary/aromatic N) is 3. The lowest BCUT2D eigenvalue weighted by atomic mass is 9.95. The van der Waals surface area contributed by atoms with E-state index in [4.69, 9.17) is 9.47 Å². The molecule has 0 saturated carbocycles. The number of thiazole rings is 1. The summed E-state index contributed by atoms with van der Waals surface area (Å²) in [6, 6.07) is 15.1. The molecule has 5 rings (SSSR count). The van der Waals surface area contributed by atoms with Crippen LogP contribution in [0.3, 0.4) is 0 Å². The fraction of sp³-hybridized carbons (Fsp3) is 0.345. The number of hydrogen-bond acceptors (Lipinski definition) is 7. The number of benzene rings is 2. The van der Waals surface area contributed by atoms with Crippen LogP contribution in [0.2, 0.25) is 0 Å². The topological polar surface area (TPSA) is 73.1 Å². The third-order valence-electron chi connectivity index (χ3n) is 6.66. The lowest BCUT2D eigenvalue weighted by Crippen LogP contribution is -2.40. The third-order valence-corrected chi connectivity index (χ3v) is 7.64. The summed E-state index contributed by atoms with van der Waals surface area (Å²) in [6.45, 7) is 7.57. The Bertz CT molecular complexity index is 1530. The molecule has 8 heteroatoms. The van der Waals surface area contributed by atoms with Gasteiger partial charge in [0.05, 0.1) is 35.1 Å². The second kappa shape index (κ2) is 10.4. The van der Waals surface area contributed by atoms with E-state index in [2.05, 4.69) is 22.0 Å². The van der Waals surface area contributed by atoms with Crippen LogP contribution in [0, 0.1) is 0 Å². The van der Waals surface area contributed by atoms with Gasteiger partial charge in [0.15, 0.2) is 4.80 Å². The van der Waals surface area contributed by atoms with E-state index in [9.17, 15) is 9.59 Å². The van der Waals surface area contributed by atoms with Gasteiger partial charge in [-0.1, -0.05) is 35.6 Å². The van der Waals surface area contributed by atoms with E-state index in [1.807, 2.05) is 42.5 Å². The monoisotopic (exact) mass is 517 g/mol. The van der Waals surface area contributed by atoms with Crippen molar-refractivity contribution in [3.05, 3.63) is 90.6 Å². The van der Waals surface area contributed by atoms with Crippen molar-refractivity contribution in [2.24, 2.45) is 4.99 Å². The molecule has 3 aromatic rings. The Morgan fingerprint density at radius 3 is 2.54 bits per heavy atom. The van der Waals surface area contributed by atoms with Gasteiger partial charge in [0.2, 0.25) is 0 Å². The van der Waals surface area contributed by atoms with E-state index in [0.717, 1.165) is 24.2 Å². The molecule has 1 aromatic heterocycles. The van der Waals surface area contributed by atoms with Crippen LogP contribution in [0.1, 0.15) is 50.8 Å². The Labute approximate surface area is 220 Å². The minimum Gasteiger partial charge on any atom is -0.497 e. The fourth-order valence-corrected chi connectivity index (χ4v) is 5.94. The highest BCUT2D eigenvalue weighted by atomic mass is 32.1. The van der Waals surface area contributed by atoms with E-state index in [0.29, 0.717) is 26.4 Å². The van der Waals surface area contributed by atoms with Gasteiger partial charge in [0, 0.05) is 18.8 Å². The predicted molar refractivity (Wildman–Crippen MR) is 146 cm³/mol. The first kappa shape index (κ1) is 25.0. The molecule has 1 saturated heterocycles. The summed E-state index contributed by atoms with van der Waals surface area (Å²) in [7, 11) is 1.59. The van der Waals surface area contributed by atoms with Crippen LogP contribution < -0.4 is 24.5 Å². The molecule has 2 aliphatic heterocycles. The maximum atomic E-state index is 13.8. The van der Waals surface area contributed by atoms with Crippen LogP contribution in [-0.2, 0) is 9.53 Å². The molecule has 192 valence electrons. The van der Waals surface area contributed by atoms with Gasteiger partial charge in [0.25, 0.3) is 5.56 Å². The molecule has 0 bridgehead atoms. The van der Waals surface area contributed by atoms with Gasteiger partial charge in [-0.05, 0) is 75.1 Å². The summed E-state index contributed by atoms with van der Waals surface area (Å²) in [5.41, 5.74) is 3.62. The molecule has 0 N–H and O–H groups in total. The molecule has 1 atom stereocenters. The number of esters is 1. The SMILES string of the molecule is COc1cccc([C@H]2C(C(=O)OC(C)C)=C(C)N=c3s/c(=C\c4ccc(N5CCCC5)cc4)c(=O)n32)c1. The van der Waals surface area contributed by atoms with Crippen LogP contribution in [0.4, 0.5) is 5.69 Å². The summed E-state index contributed by atoms with van der Waals surface area (Å²) in [5.74, 6) is 0.166. The number of carbonyl (C=O) groups excluding carboxylic acids is 1. The van der Waals surface area contributed by atoms with E-state index in [-0.39, 0.29) is 11.7 Å². The molecule has 2 aromatic carbocycles. The Morgan fingerprint density at radius 2 is 1.86 bits per heavy atom. The first-order valence-corrected chi connectivity index (χ1v) is 13.4. The summed E-state index contributed by atoms with van der Waals surface area (Å²) >= 11 is 1.33. The number of hydrogen-bond donors (Lipinski definition) is 0. The van der Waals surface area contributed by atoms with Gasteiger partial charge in [0.1, 0.15) is 5.75 Å². The number of methoxy groups -OCH3 is 1. The van der Waals surface area contributed by atoms with E-state index >= 15 is 0 Å². The quantitative estimate of drug-likeness (QED) is 0.465. The van der Waals surface area contributed by atoms with Crippen molar-refractivity contribution in [2.45, 2.75) is 45.8 Å². The van der Waals surface area contributed by atoms with E-state index in [1.54, 1.807) is 32.4 Å². The number of aromatic nitrogens is 1. The highest BCUT2D eigenvalue weighted by Crippen LogP contribution is 2.32. The molecule has 0 radical (unpaired) electrons. The van der Waals surface area contributed by atoms with Crippen molar-refractivity contribution in [3.8, 4) is 5.75 Å². The summed E-state index contributed by atoms with van der Waals surface area (Å²) in [6.07, 6.45) is 4.05. The molecular formula is C29H31N3O4S. The number of anilines is 1. The largest absolute Gasteiger partial charge is 0.497 e. The third kappa shape index (κ3) is 4.98. The molecule has 0 spiro atoms. The van der Waals surface area contributed by atoms with Crippen molar-refractivity contribution in [3.63, 3.8) is 0 Å². The smallest absolute Gasteiger partial charge is 0.338 e. The van der Waals surface area contributed by atoms with E-state index in [1.165, 1.54) is 29.9 Å². The van der Waals surface area contributed by atoms with Crippen molar-refractivity contribution in [1.29, 1.82) is 0 Å². The van der Waals surface area contributed by atoms with Gasteiger partial charge in [-0.25, -0.2) is 9.79 Å². The average molecular weight is 518 g/mol. The molecular weight excluding hydrogens is 486 g/mol. The van der Waals surface area contributed by atoms with Gasteiger partial charge >= 0.3 is 5.97 Å². The zero-order valence-corrected chi connectivity index (χ0v) is 22.4. The van der Waals surface area contributed by atoms with E-state index < -0.39 is 12.0 Å². The van der Waals surface area contributed by atoms with Crippen LogP contribution in [0.15, 0.2) is 69.6 Å². The van der Waals surface area contributed by atoms with Gasteiger partial charge in [-0.3, -0.25) is 9.36 Å². The van der Waals surface area contributed by atoms with Crippen LogP contribution in [-0.4, -0.2) is 36.8 Å². The van der Waals surface area contributed by atoms with Crippen LogP contribution in [0.5, 0.6) is 5.75 Å². The number of rotatable bonds is 6. The summed E-state index contributed by atoms with van der Waals surface area (Å²) < 4.78 is 13.2. The standard InChI is InChI=1S/C29H31N3O4S/c1-18(2)36-28(34)25-19(3)30-29-32(26(25)21-8-7-9-23(17-21)35-4)27(33)24(37-29)16-20-10-12-22(13-11-20)31-14-5-6-15-31/h7-13,16-18,26H,5-6,14-15H2,1-4H3/b24-16-/t26-/m0/s1. The second-order valence-corrected chi connectivity index (χ2v) is 10.6. The number of allylic oxidation sites excluding steroid dienone is 1. The number of ether oxygens (including phenoxy) is 2. The average Bonchev–Trinajstić information content (AvgIpc) is 3.52. The maximum absolute atomic E-state index is 13.8. The maximum Gasteiger partial charge on any atom is 0.338 e. The molecule has 7 nitrogen and oxygen atoms in total. The molecule has 0 aliphatic carbocycles. The highest BCUT2D eigenvalue weighted by molar-refractivity contribution is 7.07. The molecule has 0 amide bonds. The van der Waals surface area contributed by atoms with Gasteiger partial charge in [-0.2, -0.15) is 0 Å². The molecule has 0 unspecified atom stereocenters. The minimum absolute atomic E-state index is 0.192. The van der Waals surface area contributed by atoms with Crippen molar-refractivity contribution < 1.29 is 14.3 Å². The Hall–Kier alpha value is -3.65. The second-order valence-electron chi connectivity index (χ2n) is 9.60. The highest BCUT2D eigenvalue weighted by Gasteiger charge is 2.34. The Morgan fingerprint density at radius 1 is 1.14 bits per heavy atom. The fourth-order valence-electron chi connectivity index (χ4n) is 4.90. The van der Waals surface area contributed by atoms with Gasteiger partial charge < -0.3 is 14.4 Å². The zero-order valence-electron chi connectivity index (χ0n) is 21.6. The first-order valence-electron chi connectivity index (χ1n) is 12.6. The summed E-state index contributed by atoms with van der Waals surface area (Å²) in [4.78, 5) is 34.6. The Balaban J connectivity index is 1.61. The van der Waals surface area contributed by atoms with Crippen molar-refractivity contribution in [2.75, 3.05) is 25.1 Å². The lowest BCUT2D eigenvalue weighted by molar-refractivity contribution is -0.143. The van der Waals surface area contributed by atoms with Gasteiger partial charge in [-0.15, -0.1) is 0 Å². The zero-order chi connectivity index (χ0) is 26.1.